The van der Waals surface area contributed by atoms with E-state index in [1.165, 1.54) is 36.4 Å². The maximum Gasteiger partial charge on any atom is 0.263 e. The molecule has 2 aromatic carbocycles. The van der Waals surface area contributed by atoms with Crippen molar-refractivity contribution in [1.82, 2.24) is 0 Å². The van der Waals surface area contributed by atoms with Crippen molar-refractivity contribution in [2.75, 3.05) is 17.6 Å². The van der Waals surface area contributed by atoms with Gasteiger partial charge in [-0.3, -0.25) is 9.52 Å². The van der Waals surface area contributed by atoms with E-state index in [0.717, 1.165) is 6.26 Å². The Bertz CT molecular complexity index is 1020. The number of carbonyl (C=O) groups is 1. The van der Waals surface area contributed by atoms with Gasteiger partial charge in [-0.15, -0.1) is 0 Å². The van der Waals surface area contributed by atoms with Gasteiger partial charge in [0.15, 0.2) is 9.84 Å². The molecule has 0 heterocycles. The van der Waals surface area contributed by atoms with Gasteiger partial charge in [-0.25, -0.2) is 16.8 Å². The first-order valence-electron chi connectivity index (χ1n) is 7.43. The number of rotatable bonds is 8. The summed E-state index contributed by atoms with van der Waals surface area (Å²) in [7, 11) is -7.94. The Morgan fingerprint density at radius 1 is 1.00 bits per heavy atom. The fourth-order valence-electron chi connectivity index (χ4n) is 2.12. The lowest BCUT2D eigenvalue weighted by atomic mass is 10.3. The van der Waals surface area contributed by atoms with Crippen LogP contribution in [0.25, 0.3) is 0 Å². The highest BCUT2D eigenvalue weighted by Crippen LogP contribution is 2.28. The number of amides is 1. The van der Waals surface area contributed by atoms with Gasteiger partial charge in [0.05, 0.1) is 23.6 Å². The van der Waals surface area contributed by atoms with Gasteiger partial charge >= 0.3 is 0 Å². The van der Waals surface area contributed by atoms with Gasteiger partial charge in [0.2, 0.25) is 5.91 Å². The van der Waals surface area contributed by atoms with Gasteiger partial charge < -0.3 is 10.5 Å². The van der Waals surface area contributed by atoms with E-state index in [-0.39, 0.29) is 34.3 Å². The molecule has 0 spiro atoms. The van der Waals surface area contributed by atoms with Crippen molar-refractivity contribution in [3.8, 4) is 5.75 Å². The normalized spacial score (nSPS) is 11.7. The van der Waals surface area contributed by atoms with E-state index in [4.69, 9.17) is 10.5 Å². The third kappa shape index (κ3) is 4.96. The van der Waals surface area contributed by atoms with E-state index in [1.54, 1.807) is 12.1 Å². The zero-order valence-electron chi connectivity index (χ0n) is 13.9. The first-order chi connectivity index (χ1) is 12.1. The Morgan fingerprint density at radius 3 is 2.19 bits per heavy atom. The lowest BCUT2D eigenvalue weighted by molar-refractivity contribution is -0.118. The Labute approximate surface area is 151 Å². The van der Waals surface area contributed by atoms with E-state index in [2.05, 4.69) is 4.72 Å². The molecule has 0 aliphatic rings. The third-order valence-electron chi connectivity index (χ3n) is 3.28. The quantitative estimate of drug-likeness (QED) is 0.685. The zero-order chi connectivity index (χ0) is 19.4. The summed E-state index contributed by atoms with van der Waals surface area (Å²) in [5.74, 6) is -0.362. The summed E-state index contributed by atoms with van der Waals surface area (Å²) in [6, 6.07) is 11.5. The molecule has 8 nitrogen and oxygen atoms in total. The highest BCUT2D eigenvalue weighted by molar-refractivity contribution is 7.95. The third-order valence-corrected chi connectivity index (χ3v) is 5.98. The molecule has 0 aromatic heterocycles. The van der Waals surface area contributed by atoms with Crippen LogP contribution in [0.5, 0.6) is 5.75 Å². The summed E-state index contributed by atoms with van der Waals surface area (Å²) in [4.78, 5) is 10.1. The van der Waals surface area contributed by atoms with E-state index >= 15 is 0 Å². The second-order valence-corrected chi connectivity index (χ2v) is 9.02. The van der Waals surface area contributed by atoms with Gasteiger partial charge in [-0.1, -0.05) is 24.3 Å². The van der Waals surface area contributed by atoms with Gasteiger partial charge in [-0.05, 0) is 24.3 Å². The number of benzene rings is 2. The fraction of sp³-hybridized carbons (Fsp3) is 0.188. The Kier molecular flexibility index (Phi) is 5.88. The molecule has 3 N–H and O–H groups in total. The smallest absolute Gasteiger partial charge is 0.263 e. The largest absolute Gasteiger partial charge is 0.491 e. The number of ether oxygens (including phenoxy) is 1. The Balaban J connectivity index is 2.36. The van der Waals surface area contributed by atoms with E-state index in [0.29, 0.717) is 0 Å². The van der Waals surface area contributed by atoms with Crippen molar-refractivity contribution < 1.29 is 26.4 Å². The van der Waals surface area contributed by atoms with Crippen LogP contribution < -0.4 is 15.2 Å². The molecule has 2 aromatic rings. The van der Waals surface area contributed by atoms with Crippen molar-refractivity contribution in [2.24, 2.45) is 5.73 Å². The number of hydrogen-bond acceptors (Lipinski definition) is 6. The van der Waals surface area contributed by atoms with Gasteiger partial charge in [0.25, 0.3) is 10.0 Å². The van der Waals surface area contributed by atoms with Gasteiger partial charge in [0.1, 0.15) is 10.6 Å². The summed E-state index contributed by atoms with van der Waals surface area (Å²) in [6.45, 7) is -0.0198. The number of anilines is 1. The minimum absolute atomic E-state index is 0.0198. The first-order valence-corrected chi connectivity index (χ1v) is 10.8. The van der Waals surface area contributed by atoms with Crippen LogP contribution in [-0.4, -0.2) is 35.6 Å². The zero-order valence-corrected chi connectivity index (χ0v) is 15.5. The van der Waals surface area contributed by atoms with Crippen LogP contribution in [0.4, 0.5) is 5.69 Å². The number of hydrogen-bond donors (Lipinski definition) is 2. The maximum atomic E-state index is 12.7. The van der Waals surface area contributed by atoms with Crippen LogP contribution in [0.1, 0.15) is 6.42 Å². The average Bonchev–Trinajstić information content (AvgIpc) is 2.55. The second-order valence-electron chi connectivity index (χ2n) is 5.39. The van der Waals surface area contributed by atoms with Crippen LogP contribution in [0, 0.1) is 0 Å². The average molecular weight is 398 g/mol. The van der Waals surface area contributed by atoms with Crippen LogP contribution in [0.2, 0.25) is 0 Å². The highest BCUT2D eigenvalue weighted by Gasteiger charge is 2.24. The van der Waals surface area contributed by atoms with Crippen molar-refractivity contribution in [1.29, 1.82) is 0 Å². The molecule has 0 fully saturated rings. The monoisotopic (exact) mass is 398 g/mol. The van der Waals surface area contributed by atoms with Crippen LogP contribution in [0.15, 0.2) is 58.3 Å². The van der Waals surface area contributed by atoms with E-state index in [1.807, 2.05) is 0 Å². The molecule has 0 radical (unpaired) electrons. The first kappa shape index (κ1) is 19.7. The van der Waals surface area contributed by atoms with Crippen molar-refractivity contribution in [3.63, 3.8) is 0 Å². The molecule has 0 bridgehead atoms. The number of nitrogens with two attached hydrogens (primary N) is 1. The summed E-state index contributed by atoms with van der Waals surface area (Å²) in [6.07, 6.45) is 0.903. The molecule has 0 saturated heterocycles. The summed E-state index contributed by atoms with van der Waals surface area (Å²) in [5.41, 5.74) is 5.15. The molecule has 0 aliphatic heterocycles. The van der Waals surface area contributed by atoms with Crippen LogP contribution in [0.3, 0.4) is 0 Å². The van der Waals surface area contributed by atoms with E-state index < -0.39 is 25.8 Å². The van der Waals surface area contributed by atoms with Crippen molar-refractivity contribution in [2.45, 2.75) is 16.2 Å². The summed E-state index contributed by atoms with van der Waals surface area (Å²) >= 11 is 0. The standard InChI is InChI=1S/C16H18N2O6S2/c1-25(20,21)14-8-4-5-9-15(14)26(22,23)18-12-6-2-3-7-13(12)24-11-10-16(17)19/h2-9,18H,10-11H2,1H3,(H2,17,19). The molecule has 26 heavy (non-hydrogen) atoms. The molecular weight excluding hydrogens is 380 g/mol. The van der Waals surface area contributed by atoms with Gasteiger partial charge in [-0.2, -0.15) is 0 Å². The number of para-hydroxylation sites is 2. The van der Waals surface area contributed by atoms with E-state index in [9.17, 15) is 21.6 Å². The topological polar surface area (TPSA) is 133 Å². The molecule has 1 amide bonds. The SMILES string of the molecule is CS(=O)(=O)c1ccccc1S(=O)(=O)Nc1ccccc1OCCC(N)=O. The number of primary amides is 1. The lowest BCUT2D eigenvalue weighted by Gasteiger charge is -2.14. The number of carbonyl (C=O) groups excluding carboxylic acids is 1. The number of nitrogens with one attached hydrogen (secondary N) is 1. The minimum Gasteiger partial charge on any atom is -0.491 e. The molecule has 2 rings (SSSR count). The van der Waals surface area contributed by atoms with Gasteiger partial charge in [0, 0.05) is 6.26 Å². The predicted octanol–water partition coefficient (Wildman–Crippen LogP) is 1.15. The molecule has 0 unspecified atom stereocenters. The Hall–Kier alpha value is -2.59. The molecule has 0 atom stereocenters. The van der Waals surface area contributed by atoms with Crippen LogP contribution >= 0.6 is 0 Å². The number of sulfone groups is 1. The molecule has 0 saturated carbocycles. The lowest BCUT2D eigenvalue weighted by Crippen LogP contribution is -2.18. The molecule has 0 aliphatic carbocycles. The highest BCUT2D eigenvalue weighted by atomic mass is 32.2. The van der Waals surface area contributed by atoms with Crippen molar-refractivity contribution >= 4 is 31.5 Å². The number of sulfonamides is 1. The summed E-state index contributed by atoms with van der Waals surface area (Å²) < 4.78 is 56.8. The summed E-state index contributed by atoms with van der Waals surface area (Å²) in [5, 5.41) is 0. The molecule has 10 heteroatoms. The van der Waals surface area contributed by atoms with Crippen molar-refractivity contribution in [3.05, 3.63) is 48.5 Å². The Morgan fingerprint density at radius 2 is 1.58 bits per heavy atom. The van der Waals surface area contributed by atoms with Crippen LogP contribution in [-0.2, 0) is 24.7 Å². The fourth-order valence-corrected chi connectivity index (χ4v) is 4.82. The maximum absolute atomic E-state index is 12.7. The molecular formula is C16H18N2O6S2. The predicted molar refractivity (Wildman–Crippen MR) is 96.1 cm³/mol. The second kappa shape index (κ2) is 7.75. The molecule has 140 valence electrons. The minimum atomic E-state index is -4.19.